The lowest BCUT2D eigenvalue weighted by Crippen LogP contribution is -2.39. The number of hydrogen-bond acceptors (Lipinski definition) is 4. The van der Waals surface area contributed by atoms with E-state index in [4.69, 9.17) is 9.15 Å². The highest BCUT2D eigenvalue weighted by Crippen LogP contribution is 2.08. The summed E-state index contributed by atoms with van der Waals surface area (Å²) in [6.07, 6.45) is 0. The number of rotatable bonds is 8. The van der Waals surface area contributed by atoms with Crippen LogP contribution in [0.5, 0.6) is 0 Å². The van der Waals surface area contributed by atoms with E-state index < -0.39 is 0 Å². The molecule has 0 saturated carbocycles. The van der Waals surface area contributed by atoms with Crippen LogP contribution >= 0.6 is 24.0 Å². The minimum atomic E-state index is 0. The quantitative estimate of drug-likeness (QED) is 0.291. The fraction of sp³-hybridized carbons (Fsp3) is 0.733. The predicted molar refractivity (Wildman–Crippen MR) is 99.9 cm³/mol. The van der Waals surface area contributed by atoms with Crippen molar-refractivity contribution in [3.05, 3.63) is 17.3 Å². The molecule has 0 aliphatic heterocycles. The van der Waals surface area contributed by atoms with Gasteiger partial charge < -0.3 is 19.8 Å². The molecule has 0 spiro atoms. The molecule has 0 unspecified atom stereocenters. The second-order valence-corrected chi connectivity index (χ2v) is 5.34. The lowest BCUT2D eigenvalue weighted by molar-refractivity contribution is 0.114. The van der Waals surface area contributed by atoms with Gasteiger partial charge in [0, 0.05) is 19.7 Å². The fourth-order valence-corrected chi connectivity index (χ4v) is 1.66. The van der Waals surface area contributed by atoms with E-state index in [9.17, 15) is 0 Å². The first-order chi connectivity index (χ1) is 10.0. The zero-order valence-electron chi connectivity index (χ0n) is 14.2. The molecule has 2 N–H and O–H groups in total. The molecule has 0 aliphatic rings. The first-order valence-electron chi connectivity index (χ1n) is 7.55. The molecule has 1 heterocycles. The van der Waals surface area contributed by atoms with Gasteiger partial charge in [-0.25, -0.2) is 9.98 Å². The number of nitrogens with one attached hydrogen (secondary N) is 2. The topological polar surface area (TPSA) is 71.7 Å². The van der Waals surface area contributed by atoms with Crippen LogP contribution in [-0.2, 0) is 11.3 Å². The predicted octanol–water partition coefficient (Wildman–Crippen LogP) is 2.64. The molecule has 0 amide bonds. The summed E-state index contributed by atoms with van der Waals surface area (Å²) in [5, 5.41) is 6.42. The van der Waals surface area contributed by atoms with Crippen LogP contribution in [0.3, 0.4) is 0 Å². The van der Waals surface area contributed by atoms with Gasteiger partial charge in [0.1, 0.15) is 12.3 Å². The van der Waals surface area contributed by atoms with E-state index in [1.54, 1.807) is 0 Å². The third-order valence-corrected chi connectivity index (χ3v) is 2.78. The second kappa shape index (κ2) is 11.7. The Balaban J connectivity index is 0.00000441. The first kappa shape index (κ1) is 21.2. The first-order valence-corrected chi connectivity index (χ1v) is 7.55. The molecule has 1 aromatic heterocycles. The van der Waals surface area contributed by atoms with Crippen molar-refractivity contribution < 1.29 is 9.15 Å². The Labute approximate surface area is 150 Å². The van der Waals surface area contributed by atoms with Gasteiger partial charge in [0.25, 0.3) is 0 Å². The molecule has 22 heavy (non-hydrogen) atoms. The van der Waals surface area contributed by atoms with Crippen molar-refractivity contribution >= 4 is 29.9 Å². The van der Waals surface area contributed by atoms with E-state index in [0.717, 1.165) is 37.1 Å². The molecule has 0 fully saturated rings. The van der Waals surface area contributed by atoms with Crippen molar-refractivity contribution in [1.29, 1.82) is 0 Å². The van der Waals surface area contributed by atoms with Crippen molar-refractivity contribution in [3.8, 4) is 0 Å². The van der Waals surface area contributed by atoms with Crippen molar-refractivity contribution in [2.45, 2.75) is 41.2 Å². The molecule has 1 aromatic rings. The van der Waals surface area contributed by atoms with Gasteiger partial charge in [-0.05, 0) is 26.7 Å². The van der Waals surface area contributed by atoms with Gasteiger partial charge in [-0.15, -0.1) is 24.0 Å². The maximum absolute atomic E-state index is 5.53. The standard InChI is InChI=1S/C15H28N4O2.HI/c1-6-16-15(17-7-8-20-10-11(2)3)18-9-14-19-12(4)13(5)21-14;/h11H,6-10H2,1-5H3,(H2,16,17,18);1H. The Bertz CT molecular complexity index is 427. The van der Waals surface area contributed by atoms with Crippen molar-refractivity contribution in [2.75, 3.05) is 26.3 Å². The van der Waals surface area contributed by atoms with Gasteiger partial charge in [0.05, 0.1) is 12.3 Å². The summed E-state index contributed by atoms with van der Waals surface area (Å²) in [6.45, 7) is 13.6. The van der Waals surface area contributed by atoms with E-state index in [0.29, 0.717) is 25.0 Å². The number of hydrogen-bond donors (Lipinski definition) is 2. The SMILES string of the molecule is CCNC(=NCc1nc(C)c(C)o1)NCCOCC(C)C.I. The van der Waals surface area contributed by atoms with Gasteiger partial charge in [0.2, 0.25) is 5.89 Å². The van der Waals surface area contributed by atoms with Crippen molar-refractivity contribution in [3.63, 3.8) is 0 Å². The molecular weight excluding hydrogens is 395 g/mol. The summed E-state index contributed by atoms with van der Waals surface area (Å²) in [6, 6.07) is 0. The molecule has 0 atom stereocenters. The number of oxazole rings is 1. The van der Waals surface area contributed by atoms with Crippen LogP contribution in [0.2, 0.25) is 0 Å². The minimum absolute atomic E-state index is 0. The summed E-state index contributed by atoms with van der Waals surface area (Å²) in [7, 11) is 0. The van der Waals surface area contributed by atoms with E-state index in [-0.39, 0.29) is 24.0 Å². The molecule has 6 nitrogen and oxygen atoms in total. The normalized spacial score (nSPS) is 11.5. The monoisotopic (exact) mass is 424 g/mol. The maximum Gasteiger partial charge on any atom is 0.216 e. The highest BCUT2D eigenvalue weighted by atomic mass is 127. The minimum Gasteiger partial charge on any atom is -0.444 e. The molecule has 0 aromatic carbocycles. The number of ether oxygens (including phenoxy) is 1. The highest BCUT2D eigenvalue weighted by Gasteiger charge is 2.05. The molecule has 7 heteroatoms. The number of aryl methyl sites for hydroxylation is 2. The fourth-order valence-electron chi connectivity index (χ4n) is 1.66. The van der Waals surface area contributed by atoms with Crippen LogP contribution in [0.1, 0.15) is 38.1 Å². The Hall–Kier alpha value is -0.830. The van der Waals surface area contributed by atoms with Crippen LogP contribution in [0, 0.1) is 19.8 Å². The lowest BCUT2D eigenvalue weighted by atomic mass is 10.2. The van der Waals surface area contributed by atoms with Crippen LogP contribution in [0.25, 0.3) is 0 Å². The third-order valence-electron chi connectivity index (χ3n) is 2.78. The molecule has 0 saturated heterocycles. The number of guanidine groups is 1. The second-order valence-electron chi connectivity index (χ2n) is 5.34. The molecule has 0 bridgehead atoms. The third kappa shape index (κ3) is 8.57. The Morgan fingerprint density at radius 1 is 1.32 bits per heavy atom. The number of aromatic nitrogens is 1. The van der Waals surface area contributed by atoms with Gasteiger partial charge in [-0.2, -0.15) is 0 Å². The summed E-state index contributed by atoms with van der Waals surface area (Å²) in [5.41, 5.74) is 0.917. The largest absolute Gasteiger partial charge is 0.444 e. The van der Waals surface area contributed by atoms with E-state index in [2.05, 4.69) is 34.5 Å². The smallest absolute Gasteiger partial charge is 0.216 e. The summed E-state index contributed by atoms with van der Waals surface area (Å²) < 4.78 is 11.0. The van der Waals surface area contributed by atoms with E-state index >= 15 is 0 Å². The highest BCUT2D eigenvalue weighted by molar-refractivity contribution is 14.0. The maximum atomic E-state index is 5.53. The van der Waals surface area contributed by atoms with E-state index in [1.165, 1.54) is 0 Å². The molecule has 0 radical (unpaired) electrons. The zero-order valence-corrected chi connectivity index (χ0v) is 16.6. The average molecular weight is 424 g/mol. The Morgan fingerprint density at radius 3 is 2.59 bits per heavy atom. The van der Waals surface area contributed by atoms with Crippen molar-refractivity contribution in [1.82, 2.24) is 15.6 Å². The summed E-state index contributed by atoms with van der Waals surface area (Å²) >= 11 is 0. The van der Waals surface area contributed by atoms with Gasteiger partial charge >= 0.3 is 0 Å². The van der Waals surface area contributed by atoms with Crippen LogP contribution < -0.4 is 10.6 Å². The van der Waals surface area contributed by atoms with Gasteiger partial charge in [-0.3, -0.25) is 0 Å². The van der Waals surface area contributed by atoms with Crippen LogP contribution in [-0.4, -0.2) is 37.2 Å². The number of nitrogens with zero attached hydrogens (tertiary/aromatic N) is 2. The Kier molecular flexibility index (Phi) is 11.3. The molecule has 1 rings (SSSR count). The number of halogens is 1. The molecule has 128 valence electrons. The Morgan fingerprint density at radius 2 is 2.05 bits per heavy atom. The van der Waals surface area contributed by atoms with E-state index in [1.807, 2.05) is 20.8 Å². The van der Waals surface area contributed by atoms with Crippen LogP contribution in [0.4, 0.5) is 0 Å². The van der Waals surface area contributed by atoms with Gasteiger partial charge in [-0.1, -0.05) is 13.8 Å². The summed E-state index contributed by atoms with van der Waals surface area (Å²) in [5.74, 6) is 2.79. The van der Waals surface area contributed by atoms with Gasteiger partial charge in [0.15, 0.2) is 5.96 Å². The zero-order chi connectivity index (χ0) is 15.7. The lowest BCUT2D eigenvalue weighted by Gasteiger charge is -2.11. The molecule has 0 aliphatic carbocycles. The van der Waals surface area contributed by atoms with Crippen LogP contribution in [0.15, 0.2) is 9.41 Å². The molecular formula is C15H29IN4O2. The summed E-state index contributed by atoms with van der Waals surface area (Å²) in [4.78, 5) is 8.77. The average Bonchev–Trinajstić information content (AvgIpc) is 2.74. The number of aliphatic imine (C=N–C) groups is 1. The van der Waals surface area contributed by atoms with Crippen molar-refractivity contribution in [2.24, 2.45) is 10.9 Å².